The monoisotopic (exact) mass is 399 g/mol. The van der Waals surface area contributed by atoms with Crippen LogP contribution in [0.2, 0.25) is 0 Å². The molecule has 142 valence electrons. The topological polar surface area (TPSA) is 78.9 Å². The van der Waals surface area contributed by atoms with Crippen LogP contribution in [0, 0.1) is 25.2 Å². The van der Waals surface area contributed by atoms with E-state index in [0.29, 0.717) is 27.4 Å². The van der Waals surface area contributed by atoms with Crippen molar-refractivity contribution in [3.05, 3.63) is 86.7 Å². The van der Waals surface area contributed by atoms with Gasteiger partial charge in [0.15, 0.2) is 0 Å². The molecule has 6 heteroatoms. The Morgan fingerprint density at radius 2 is 2.03 bits per heavy atom. The minimum Gasteiger partial charge on any atom is -0.422 e. The summed E-state index contributed by atoms with van der Waals surface area (Å²) in [5.74, 6) is 0. The molecule has 1 N–H and O–H groups in total. The third-order valence-electron chi connectivity index (χ3n) is 4.53. The summed E-state index contributed by atoms with van der Waals surface area (Å²) in [5, 5.41) is 15.9. The minimum atomic E-state index is -0.448. The van der Waals surface area contributed by atoms with Crippen molar-refractivity contribution >= 4 is 33.6 Å². The number of allylic oxidation sites excluding steroid dienone is 1. The molecule has 0 aliphatic heterocycles. The number of nitrogens with one attached hydrogen (secondary N) is 1. The summed E-state index contributed by atoms with van der Waals surface area (Å²) in [4.78, 5) is 16.9. The Kier molecular flexibility index (Phi) is 4.98. The lowest BCUT2D eigenvalue weighted by Crippen LogP contribution is -2.02. The van der Waals surface area contributed by atoms with Crippen molar-refractivity contribution in [2.24, 2.45) is 0 Å². The molecule has 0 atom stereocenters. The number of nitriles is 1. The van der Waals surface area contributed by atoms with Gasteiger partial charge in [-0.05, 0) is 37.6 Å². The summed E-state index contributed by atoms with van der Waals surface area (Å²) in [6, 6.07) is 17.3. The molecule has 2 aromatic heterocycles. The zero-order valence-electron chi connectivity index (χ0n) is 15.9. The van der Waals surface area contributed by atoms with E-state index < -0.39 is 5.63 Å². The summed E-state index contributed by atoms with van der Waals surface area (Å²) in [6.45, 7) is 4.05. The summed E-state index contributed by atoms with van der Waals surface area (Å²) in [6.07, 6.45) is 1.64. The van der Waals surface area contributed by atoms with Gasteiger partial charge in [-0.1, -0.05) is 35.9 Å². The number of fused-ring (bicyclic) bond motifs is 1. The number of para-hydroxylation sites is 1. The molecule has 0 unspecified atom stereocenters. The Bertz CT molecular complexity index is 1340. The maximum Gasteiger partial charge on any atom is 0.345 e. The van der Waals surface area contributed by atoms with E-state index in [1.165, 1.54) is 16.9 Å². The predicted octanol–water partition coefficient (Wildman–Crippen LogP) is 5.51. The highest BCUT2D eigenvalue weighted by Crippen LogP contribution is 2.26. The van der Waals surface area contributed by atoms with Gasteiger partial charge in [0, 0.05) is 22.7 Å². The number of hydrogen-bond acceptors (Lipinski definition) is 6. The molecule has 2 aromatic carbocycles. The number of hydrogen-bond donors (Lipinski definition) is 1. The first-order valence-electron chi connectivity index (χ1n) is 8.98. The van der Waals surface area contributed by atoms with Gasteiger partial charge < -0.3 is 9.73 Å². The molecule has 0 saturated carbocycles. The summed E-state index contributed by atoms with van der Waals surface area (Å²) >= 11 is 1.31. The van der Waals surface area contributed by atoms with E-state index in [1.807, 2.05) is 44.2 Å². The van der Waals surface area contributed by atoms with Crippen molar-refractivity contribution in [1.82, 2.24) is 4.98 Å². The second-order valence-electron chi connectivity index (χ2n) is 6.66. The van der Waals surface area contributed by atoms with Crippen molar-refractivity contribution < 1.29 is 4.42 Å². The minimum absolute atomic E-state index is 0.380. The molecule has 0 fully saturated rings. The fourth-order valence-electron chi connectivity index (χ4n) is 3.03. The fraction of sp³-hybridized carbons (Fsp3) is 0.0870. The molecule has 0 aliphatic carbocycles. The molecule has 0 spiro atoms. The van der Waals surface area contributed by atoms with Crippen LogP contribution in [-0.2, 0) is 0 Å². The second-order valence-corrected chi connectivity index (χ2v) is 7.51. The van der Waals surface area contributed by atoms with Gasteiger partial charge in [-0.25, -0.2) is 9.78 Å². The van der Waals surface area contributed by atoms with Crippen molar-refractivity contribution in [3.8, 4) is 17.3 Å². The number of rotatable bonds is 4. The lowest BCUT2D eigenvalue weighted by atomic mass is 10.1. The first-order chi connectivity index (χ1) is 14.0. The van der Waals surface area contributed by atoms with E-state index in [1.54, 1.807) is 23.7 Å². The zero-order chi connectivity index (χ0) is 20.4. The molecule has 0 bridgehead atoms. The van der Waals surface area contributed by atoms with E-state index >= 15 is 0 Å². The number of thiazole rings is 1. The van der Waals surface area contributed by atoms with Gasteiger partial charge in [0.1, 0.15) is 22.2 Å². The third kappa shape index (κ3) is 3.82. The van der Waals surface area contributed by atoms with Crippen molar-refractivity contribution in [2.75, 3.05) is 5.32 Å². The Morgan fingerprint density at radius 3 is 2.83 bits per heavy atom. The van der Waals surface area contributed by atoms with Gasteiger partial charge in [0.2, 0.25) is 0 Å². The number of nitrogens with zero attached hydrogens (tertiary/aromatic N) is 2. The molecule has 4 rings (SSSR count). The largest absolute Gasteiger partial charge is 0.422 e. The van der Waals surface area contributed by atoms with E-state index in [4.69, 9.17) is 4.42 Å². The summed E-state index contributed by atoms with van der Waals surface area (Å²) < 4.78 is 5.39. The average molecular weight is 399 g/mol. The van der Waals surface area contributed by atoms with Gasteiger partial charge >= 0.3 is 5.63 Å². The summed E-state index contributed by atoms with van der Waals surface area (Å²) in [5.41, 5.74) is 4.55. The average Bonchev–Trinajstić information content (AvgIpc) is 3.19. The van der Waals surface area contributed by atoms with Crippen LogP contribution >= 0.6 is 11.3 Å². The third-order valence-corrected chi connectivity index (χ3v) is 5.40. The normalized spacial score (nSPS) is 11.4. The smallest absolute Gasteiger partial charge is 0.345 e. The number of benzene rings is 2. The van der Waals surface area contributed by atoms with Crippen LogP contribution in [0.3, 0.4) is 0 Å². The van der Waals surface area contributed by atoms with Crippen LogP contribution < -0.4 is 10.9 Å². The van der Waals surface area contributed by atoms with Crippen molar-refractivity contribution in [1.29, 1.82) is 5.26 Å². The second kappa shape index (κ2) is 7.74. The van der Waals surface area contributed by atoms with Crippen LogP contribution in [0.4, 0.5) is 5.69 Å². The molecule has 0 radical (unpaired) electrons. The SMILES string of the molecule is Cc1ccc(N/C=C(\C#N)c2nc(-c3cc4ccccc4oc3=O)cs2)c(C)c1. The highest BCUT2D eigenvalue weighted by Gasteiger charge is 2.13. The molecule has 2 heterocycles. The highest BCUT2D eigenvalue weighted by molar-refractivity contribution is 7.11. The Hall–Kier alpha value is -3.69. The van der Waals surface area contributed by atoms with Crippen LogP contribution in [0.5, 0.6) is 0 Å². The Labute approximate surface area is 171 Å². The first-order valence-corrected chi connectivity index (χ1v) is 9.86. The molecule has 5 nitrogen and oxygen atoms in total. The van der Waals surface area contributed by atoms with E-state index in [-0.39, 0.29) is 0 Å². The molecule has 0 saturated heterocycles. The molecule has 29 heavy (non-hydrogen) atoms. The molecule has 0 aliphatic rings. The van der Waals surface area contributed by atoms with E-state index in [2.05, 4.69) is 22.4 Å². The van der Waals surface area contributed by atoms with Gasteiger partial charge in [-0.2, -0.15) is 5.26 Å². The van der Waals surface area contributed by atoms with E-state index in [9.17, 15) is 10.1 Å². The van der Waals surface area contributed by atoms with Crippen LogP contribution in [-0.4, -0.2) is 4.98 Å². The van der Waals surface area contributed by atoms with Crippen molar-refractivity contribution in [2.45, 2.75) is 13.8 Å². The maximum atomic E-state index is 12.4. The quantitative estimate of drug-likeness (QED) is 0.362. The molecular weight excluding hydrogens is 382 g/mol. The Balaban J connectivity index is 1.66. The van der Waals surface area contributed by atoms with Crippen LogP contribution in [0.1, 0.15) is 16.1 Å². The number of anilines is 1. The molecule has 4 aromatic rings. The fourth-order valence-corrected chi connectivity index (χ4v) is 3.81. The summed E-state index contributed by atoms with van der Waals surface area (Å²) in [7, 11) is 0. The Morgan fingerprint density at radius 1 is 1.21 bits per heavy atom. The number of aryl methyl sites for hydroxylation is 2. The predicted molar refractivity (Wildman–Crippen MR) is 117 cm³/mol. The lowest BCUT2D eigenvalue weighted by Gasteiger charge is -2.06. The van der Waals surface area contributed by atoms with Gasteiger partial charge in [0.25, 0.3) is 0 Å². The van der Waals surface area contributed by atoms with Gasteiger partial charge in [0.05, 0.1) is 11.3 Å². The number of aromatic nitrogens is 1. The van der Waals surface area contributed by atoms with E-state index in [0.717, 1.165) is 16.6 Å². The maximum absolute atomic E-state index is 12.4. The van der Waals surface area contributed by atoms with Gasteiger partial charge in [-0.15, -0.1) is 11.3 Å². The first kappa shape index (κ1) is 18.7. The molecular formula is C23H17N3O2S. The lowest BCUT2D eigenvalue weighted by molar-refractivity contribution is 0.563. The van der Waals surface area contributed by atoms with Crippen LogP contribution in [0.15, 0.2) is 69.3 Å². The highest BCUT2D eigenvalue weighted by atomic mass is 32.1. The standard InChI is InChI=1S/C23H17N3O2S/c1-14-7-8-19(15(2)9-14)25-12-17(11-24)22-26-20(13-29-22)18-10-16-5-3-4-6-21(16)28-23(18)27/h3-10,12-13,25H,1-2H3/b17-12+. The van der Waals surface area contributed by atoms with Crippen LogP contribution in [0.25, 0.3) is 27.8 Å². The van der Waals surface area contributed by atoms with Gasteiger partial charge in [-0.3, -0.25) is 0 Å². The zero-order valence-corrected chi connectivity index (χ0v) is 16.7. The van der Waals surface area contributed by atoms with Crippen molar-refractivity contribution in [3.63, 3.8) is 0 Å². The molecule has 0 amide bonds.